The minimum atomic E-state index is 0.805. The summed E-state index contributed by atoms with van der Waals surface area (Å²) in [5.41, 5.74) is 0. The summed E-state index contributed by atoms with van der Waals surface area (Å²) < 4.78 is 0. The van der Waals surface area contributed by atoms with Crippen molar-refractivity contribution in [2.45, 2.75) is 32.2 Å². The molecular weight excluding hydrogens is 124 g/mol. The Kier molecular flexibility index (Phi) is 3.76. The summed E-state index contributed by atoms with van der Waals surface area (Å²) in [6.07, 6.45) is 4.05. The van der Waals surface area contributed by atoms with Gasteiger partial charge < -0.3 is 10.6 Å². The van der Waals surface area contributed by atoms with E-state index in [4.69, 9.17) is 0 Å². The van der Waals surface area contributed by atoms with E-state index in [2.05, 4.69) is 17.6 Å². The maximum absolute atomic E-state index is 3.48. The Balaban J connectivity index is 1.91. The molecule has 0 spiro atoms. The van der Waals surface area contributed by atoms with Crippen molar-refractivity contribution in [3.05, 3.63) is 0 Å². The molecular formula is C8H18N2. The van der Waals surface area contributed by atoms with Gasteiger partial charge in [-0.3, -0.25) is 0 Å². The van der Waals surface area contributed by atoms with Crippen LogP contribution in [0.2, 0.25) is 0 Å². The van der Waals surface area contributed by atoms with Crippen LogP contribution in [0, 0.1) is 0 Å². The van der Waals surface area contributed by atoms with Crippen molar-refractivity contribution < 1.29 is 0 Å². The molecule has 2 heteroatoms. The fraction of sp³-hybridized carbons (Fsp3) is 1.00. The van der Waals surface area contributed by atoms with E-state index in [0.717, 1.165) is 12.6 Å². The van der Waals surface area contributed by atoms with E-state index in [1.165, 1.54) is 32.4 Å². The highest BCUT2D eigenvalue weighted by Gasteiger charge is 2.12. The summed E-state index contributed by atoms with van der Waals surface area (Å²) in [4.78, 5) is 0. The molecule has 0 aliphatic carbocycles. The van der Waals surface area contributed by atoms with Gasteiger partial charge in [-0.25, -0.2) is 0 Å². The maximum Gasteiger partial charge on any atom is 0.00796 e. The van der Waals surface area contributed by atoms with Crippen molar-refractivity contribution in [1.82, 2.24) is 10.6 Å². The van der Waals surface area contributed by atoms with Crippen molar-refractivity contribution in [2.24, 2.45) is 0 Å². The summed E-state index contributed by atoms with van der Waals surface area (Å²) in [6.45, 7) is 5.67. The Hall–Kier alpha value is -0.0800. The summed E-state index contributed by atoms with van der Waals surface area (Å²) in [6, 6.07) is 0.805. The van der Waals surface area contributed by atoms with Crippen LogP contribution in [0.1, 0.15) is 26.2 Å². The zero-order chi connectivity index (χ0) is 7.23. The topological polar surface area (TPSA) is 24.1 Å². The third kappa shape index (κ3) is 2.67. The lowest BCUT2D eigenvalue weighted by Crippen LogP contribution is -2.26. The van der Waals surface area contributed by atoms with Crippen LogP contribution in [0.5, 0.6) is 0 Å². The van der Waals surface area contributed by atoms with Gasteiger partial charge in [-0.2, -0.15) is 0 Å². The number of hydrogen-bond donors (Lipinski definition) is 2. The average molecular weight is 142 g/mol. The minimum Gasteiger partial charge on any atom is -0.317 e. The maximum atomic E-state index is 3.48. The monoisotopic (exact) mass is 142 g/mol. The zero-order valence-corrected chi connectivity index (χ0v) is 6.82. The second-order valence-electron chi connectivity index (χ2n) is 2.94. The molecule has 0 aromatic rings. The predicted octanol–water partition coefficient (Wildman–Crippen LogP) is 0.738. The molecule has 1 atom stereocenters. The SMILES string of the molecule is CCNCCC1CCCN1. The Morgan fingerprint density at radius 1 is 1.60 bits per heavy atom. The molecule has 1 saturated heterocycles. The molecule has 1 fully saturated rings. The normalized spacial score (nSPS) is 25.5. The van der Waals surface area contributed by atoms with Crippen molar-refractivity contribution in [3.63, 3.8) is 0 Å². The zero-order valence-electron chi connectivity index (χ0n) is 6.82. The van der Waals surface area contributed by atoms with Crippen LogP contribution in [0.15, 0.2) is 0 Å². The van der Waals surface area contributed by atoms with Crippen LogP contribution in [0.3, 0.4) is 0 Å². The molecule has 0 aromatic carbocycles. The second-order valence-corrected chi connectivity index (χ2v) is 2.94. The smallest absolute Gasteiger partial charge is 0.00796 e. The molecule has 0 radical (unpaired) electrons. The Morgan fingerprint density at radius 3 is 3.10 bits per heavy atom. The molecule has 1 aliphatic rings. The van der Waals surface area contributed by atoms with E-state index in [-0.39, 0.29) is 0 Å². The second kappa shape index (κ2) is 4.69. The van der Waals surface area contributed by atoms with Crippen molar-refractivity contribution in [2.75, 3.05) is 19.6 Å². The molecule has 2 nitrogen and oxygen atoms in total. The van der Waals surface area contributed by atoms with Gasteiger partial charge in [0.2, 0.25) is 0 Å². The highest BCUT2D eigenvalue weighted by molar-refractivity contribution is 4.74. The van der Waals surface area contributed by atoms with Crippen molar-refractivity contribution in [3.8, 4) is 0 Å². The molecule has 1 rings (SSSR count). The molecule has 0 aromatic heterocycles. The van der Waals surface area contributed by atoms with Crippen molar-refractivity contribution in [1.29, 1.82) is 0 Å². The van der Waals surface area contributed by atoms with Crippen LogP contribution in [-0.2, 0) is 0 Å². The predicted molar refractivity (Wildman–Crippen MR) is 44.2 cm³/mol. The molecule has 1 unspecified atom stereocenters. The van der Waals surface area contributed by atoms with Gasteiger partial charge in [-0.05, 0) is 38.9 Å². The lowest BCUT2D eigenvalue weighted by Gasteiger charge is -2.08. The average Bonchev–Trinajstić information content (AvgIpc) is 2.41. The summed E-state index contributed by atoms with van der Waals surface area (Å²) in [5, 5.41) is 6.81. The molecule has 0 bridgehead atoms. The first-order chi connectivity index (χ1) is 4.93. The van der Waals surface area contributed by atoms with E-state index in [9.17, 15) is 0 Å². The van der Waals surface area contributed by atoms with E-state index >= 15 is 0 Å². The largest absolute Gasteiger partial charge is 0.317 e. The third-order valence-corrected chi connectivity index (χ3v) is 2.08. The first-order valence-corrected chi connectivity index (χ1v) is 4.37. The Labute approximate surface area is 63.4 Å². The molecule has 60 valence electrons. The molecule has 2 N–H and O–H groups in total. The molecule has 10 heavy (non-hydrogen) atoms. The first kappa shape index (κ1) is 8.02. The van der Waals surface area contributed by atoms with Crippen molar-refractivity contribution >= 4 is 0 Å². The lowest BCUT2D eigenvalue weighted by atomic mass is 10.1. The van der Waals surface area contributed by atoms with Gasteiger partial charge in [-0.15, -0.1) is 0 Å². The summed E-state index contributed by atoms with van der Waals surface area (Å²) in [7, 11) is 0. The third-order valence-electron chi connectivity index (χ3n) is 2.08. The molecule has 0 amide bonds. The van der Waals surface area contributed by atoms with Crippen LogP contribution >= 0.6 is 0 Å². The number of rotatable bonds is 4. The van der Waals surface area contributed by atoms with Gasteiger partial charge in [-0.1, -0.05) is 6.92 Å². The van der Waals surface area contributed by atoms with Gasteiger partial charge in [0.25, 0.3) is 0 Å². The van der Waals surface area contributed by atoms with Gasteiger partial charge in [0.15, 0.2) is 0 Å². The van der Waals surface area contributed by atoms with E-state index in [0.29, 0.717) is 0 Å². The molecule has 1 aliphatic heterocycles. The number of hydrogen-bond acceptors (Lipinski definition) is 2. The molecule has 1 heterocycles. The van der Waals surface area contributed by atoms with Crippen LogP contribution < -0.4 is 10.6 Å². The van der Waals surface area contributed by atoms with Crippen LogP contribution in [-0.4, -0.2) is 25.7 Å². The van der Waals surface area contributed by atoms with Crippen LogP contribution in [0.4, 0.5) is 0 Å². The van der Waals surface area contributed by atoms with Gasteiger partial charge >= 0.3 is 0 Å². The fourth-order valence-electron chi connectivity index (χ4n) is 1.46. The lowest BCUT2D eigenvalue weighted by molar-refractivity contribution is 0.530. The highest BCUT2D eigenvalue weighted by Crippen LogP contribution is 2.07. The summed E-state index contributed by atoms with van der Waals surface area (Å²) in [5.74, 6) is 0. The summed E-state index contributed by atoms with van der Waals surface area (Å²) >= 11 is 0. The fourth-order valence-corrected chi connectivity index (χ4v) is 1.46. The van der Waals surface area contributed by atoms with E-state index in [1.807, 2.05) is 0 Å². The Bertz CT molecular complexity index is 77.3. The van der Waals surface area contributed by atoms with Gasteiger partial charge in [0, 0.05) is 6.04 Å². The van der Waals surface area contributed by atoms with Gasteiger partial charge in [0.1, 0.15) is 0 Å². The highest BCUT2D eigenvalue weighted by atomic mass is 14.9. The number of nitrogens with one attached hydrogen (secondary N) is 2. The van der Waals surface area contributed by atoms with E-state index < -0.39 is 0 Å². The van der Waals surface area contributed by atoms with Crippen LogP contribution in [0.25, 0.3) is 0 Å². The Morgan fingerprint density at radius 2 is 2.50 bits per heavy atom. The van der Waals surface area contributed by atoms with Gasteiger partial charge in [0.05, 0.1) is 0 Å². The first-order valence-electron chi connectivity index (χ1n) is 4.37. The molecule has 0 saturated carbocycles. The quantitative estimate of drug-likeness (QED) is 0.566. The van der Waals surface area contributed by atoms with E-state index in [1.54, 1.807) is 0 Å². The standard InChI is InChI=1S/C8H18N2/c1-2-9-7-5-8-4-3-6-10-8/h8-10H,2-7H2,1H3. The minimum absolute atomic E-state index is 0.805.